The van der Waals surface area contributed by atoms with Crippen molar-refractivity contribution in [2.45, 2.75) is 41.0 Å². The lowest BCUT2D eigenvalue weighted by molar-refractivity contribution is -0.117. The molecule has 2 aromatic rings. The summed E-state index contributed by atoms with van der Waals surface area (Å²) in [5.41, 5.74) is 0. The number of carbonyl (C=O) groups is 1. The van der Waals surface area contributed by atoms with Gasteiger partial charge in [0.25, 0.3) is 0 Å². The van der Waals surface area contributed by atoms with Gasteiger partial charge in [-0.2, -0.15) is 0 Å². The highest BCUT2D eigenvalue weighted by Crippen LogP contribution is 2.11. The van der Waals surface area contributed by atoms with E-state index in [1.807, 2.05) is 27.7 Å². The van der Waals surface area contributed by atoms with Crippen molar-refractivity contribution in [2.24, 2.45) is 0 Å². The number of hydrogen-bond acceptors (Lipinski definition) is 3. The van der Waals surface area contributed by atoms with Gasteiger partial charge in [0.05, 0.1) is 13.2 Å². The molecule has 3 heteroatoms. The summed E-state index contributed by atoms with van der Waals surface area (Å²) in [6.45, 7) is 14.1. The molecule has 0 aliphatic carbocycles. The quantitative estimate of drug-likeness (QED) is 0.766. The number of morpholine rings is 1. The van der Waals surface area contributed by atoms with E-state index in [-0.39, 0.29) is 5.78 Å². The normalized spacial score (nSPS) is 13.3. The topological polar surface area (TPSA) is 29.5 Å². The maximum atomic E-state index is 10.6. The molecule has 0 aromatic heterocycles. The molecule has 0 spiro atoms. The first-order chi connectivity index (χ1) is 12.3. The number of nitrogens with zero attached hydrogens (tertiary/aromatic N) is 1. The summed E-state index contributed by atoms with van der Waals surface area (Å²) < 4.78 is 5.18. The third-order valence-electron chi connectivity index (χ3n) is 3.54. The highest BCUT2D eigenvalue weighted by atomic mass is 16.5. The number of hydrogen-bond donors (Lipinski definition) is 0. The van der Waals surface area contributed by atoms with E-state index < -0.39 is 0 Å². The van der Waals surface area contributed by atoms with Crippen LogP contribution in [0.3, 0.4) is 0 Å². The van der Waals surface area contributed by atoms with Crippen LogP contribution in [0.1, 0.15) is 41.0 Å². The third kappa shape index (κ3) is 10.7. The van der Waals surface area contributed by atoms with Crippen LogP contribution in [0.25, 0.3) is 10.8 Å². The standard InChI is InChI=1S/C10H8.C8H15NO2.2C2H6/c1-2-6-10-8-4-3-7-9(10)5-1;1-8(10)2-3-9-4-6-11-7-5-9;2*1-2/h1-8H;2-7H2,1H3;2*1-2H3. The van der Waals surface area contributed by atoms with Crippen LogP contribution in [0.2, 0.25) is 0 Å². The fourth-order valence-corrected chi connectivity index (χ4v) is 2.27. The Hall–Kier alpha value is -1.71. The van der Waals surface area contributed by atoms with Crippen LogP contribution < -0.4 is 0 Å². The molecule has 0 saturated carbocycles. The Morgan fingerprint density at radius 3 is 1.64 bits per heavy atom. The lowest BCUT2D eigenvalue weighted by atomic mass is 10.1. The maximum absolute atomic E-state index is 10.6. The van der Waals surface area contributed by atoms with Crippen LogP contribution in [0.4, 0.5) is 0 Å². The first-order valence-electron chi connectivity index (χ1n) is 9.49. The van der Waals surface area contributed by atoms with Crippen molar-refractivity contribution >= 4 is 16.6 Å². The van der Waals surface area contributed by atoms with E-state index >= 15 is 0 Å². The van der Waals surface area contributed by atoms with Gasteiger partial charge in [-0.25, -0.2) is 0 Å². The minimum absolute atomic E-state index is 0.275. The monoisotopic (exact) mass is 345 g/mol. The molecular formula is C22H35NO2. The van der Waals surface area contributed by atoms with Crippen LogP contribution in [0.15, 0.2) is 48.5 Å². The smallest absolute Gasteiger partial charge is 0.131 e. The van der Waals surface area contributed by atoms with Crippen LogP contribution in [0, 0.1) is 0 Å². The van der Waals surface area contributed by atoms with E-state index in [0.29, 0.717) is 6.42 Å². The van der Waals surface area contributed by atoms with Gasteiger partial charge in [-0.3, -0.25) is 9.69 Å². The van der Waals surface area contributed by atoms with Crippen LogP contribution >= 0.6 is 0 Å². The third-order valence-corrected chi connectivity index (χ3v) is 3.54. The Balaban J connectivity index is 0.000000385. The number of rotatable bonds is 3. The number of benzene rings is 2. The van der Waals surface area contributed by atoms with Crippen molar-refractivity contribution in [1.82, 2.24) is 4.90 Å². The zero-order valence-electron chi connectivity index (χ0n) is 16.6. The summed E-state index contributed by atoms with van der Waals surface area (Å²) >= 11 is 0. The molecular weight excluding hydrogens is 310 g/mol. The average molecular weight is 346 g/mol. The van der Waals surface area contributed by atoms with Crippen molar-refractivity contribution < 1.29 is 9.53 Å². The summed E-state index contributed by atoms with van der Waals surface area (Å²) in [4.78, 5) is 12.9. The lowest BCUT2D eigenvalue weighted by Gasteiger charge is -2.25. The Morgan fingerprint density at radius 1 is 0.880 bits per heavy atom. The molecule has 0 bridgehead atoms. The second kappa shape index (κ2) is 15.8. The number of carbonyl (C=O) groups excluding carboxylic acids is 1. The van der Waals surface area contributed by atoms with Gasteiger partial charge in [0.1, 0.15) is 5.78 Å². The fraction of sp³-hybridized carbons (Fsp3) is 0.500. The van der Waals surface area contributed by atoms with E-state index in [2.05, 4.69) is 53.4 Å². The van der Waals surface area contributed by atoms with Gasteiger partial charge in [-0.15, -0.1) is 0 Å². The molecule has 3 rings (SSSR count). The molecule has 0 amide bonds. The summed E-state index contributed by atoms with van der Waals surface area (Å²) in [5, 5.41) is 2.62. The Bertz CT molecular complexity index is 497. The molecule has 140 valence electrons. The van der Waals surface area contributed by atoms with Crippen molar-refractivity contribution in [3.63, 3.8) is 0 Å². The molecule has 25 heavy (non-hydrogen) atoms. The SMILES string of the molecule is CC.CC.CC(=O)CCN1CCOCC1.c1ccc2ccccc2c1. The molecule has 3 nitrogen and oxygen atoms in total. The summed E-state index contributed by atoms with van der Waals surface area (Å²) in [6.07, 6.45) is 0.681. The van der Waals surface area contributed by atoms with E-state index in [0.717, 1.165) is 32.8 Å². The molecule has 2 aromatic carbocycles. The molecule has 0 radical (unpaired) electrons. The van der Waals surface area contributed by atoms with Crippen molar-refractivity contribution in [3.05, 3.63) is 48.5 Å². The van der Waals surface area contributed by atoms with Crippen LogP contribution in [-0.4, -0.2) is 43.5 Å². The number of ether oxygens (including phenoxy) is 1. The molecule has 1 heterocycles. The summed E-state index contributed by atoms with van der Waals surface area (Å²) in [5.74, 6) is 0.275. The van der Waals surface area contributed by atoms with Gasteiger partial charge in [-0.05, 0) is 17.7 Å². The molecule has 1 aliphatic rings. The van der Waals surface area contributed by atoms with Gasteiger partial charge in [-0.1, -0.05) is 76.2 Å². The summed E-state index contributed by atoms with van der Waals surface area (Å²) in [7, 11) is 0. The van der Waals surface area contributed by atoms with E-state index in [4.69, 9.17) is 4.74 Å². The number of fused-ring (bicyclic) bond motifs is 1. The molecule has 1 aliphatic heterocycles. The zero-order chi connectivity index (χ0) is 18.9. The molecule has 1 fully saturated rings. The van der Waals surface area contributed by atoms with Gasteiger partial charge in [0.2, 0.25) is 0 Å². The van der Waals surface area contributed by atoms with Crippen LogP contribution in [-0.2, 0) is 9.53 Å². The maximum Gasteiger partial charge on any atom is 0.131 e. The Labute approximate surface area is 154 Å². The van der Waals surface area contributed by atoms with Crippen molar-refractivity contribution in [1.29, 1.82) is 0 Å². The predicted octanol–water partition coefficient (Wildman–Crippen LogP) is 5.19. The van der Waals surface area contributed by atoms with E-state index in [1.54, 1.807) is 6.92 Å². The Kier molecular flexibility index (Phi) is 14.7. The average Bonchev–Trinajstić information content (AvgIpc) is 2.71. The first kappa shape index (κ1) is 23.3. The first-order valence-corrected chi connectivity index (χ1v) is 9.49. The largest absolute Gasteiger partial charge is 0.379 e. The Morgan fingerprint density at radius 2 is 1.28 bits per heavy atom. The van der Waals surface area contributed by atoms with Crippen molar-refractivity contribution in [2.75, 3.05) is 32.8 Å². The number of ketones is 1. The minimum atomic E-state index is 0.275. The molecule has 0 atom stereocenters. The second-order valence-corrected chi connectivity index (χ2v) is 5.25. The highest BCUT2D eigenvalue weighted by molar-refractivity contribution is 5.82. The van der Waals surface area contributed by atoms with Crippen molar-refractivity contribution in [3.8, 4) is 0 Å². The van der Waals surface area contributed by atoms with Gasteiger partial charge >= 0.3 is 0 Å². The minimum Gasteiger partial charge on any atom is -0.379 e. The molecule has 1 saturated heterocycles. The summed E-state index contributed by atoms with van der Waals surface area (Å²) in [6, 6.07) is 16.7. The fourth-order valence-electron chi connectivity index (χ4n) is 2.27. The highest BCUT2D eigenvalue weighted by Gasteiger charge is 2.09. The predicted molar refractivity (Wildman–Crippen MR) is 109 cm³/mol. The van der Waals surface area contributed by atoms with E-state index in [9.17, 15) is 4.79 Å². The molecule has 0 N–H and O–H groups in total. The van der Waals surface area contributed by atoms with Crippen LogP contribution in [0.5, 0.6) is 0 Å². The zero-order valence-corrected chi connectivity index (χ0v) is 16.6. The second-order valence-electron chi connectivity index (χ2n) is 5.25. The lowest BCUT2D eigenvalue weighted by Crippen LogP contribution is -2.37. The number of Topliss-reactive ketones (excluding diaryl/α,β-unsaturated/α-hetero) is 1. The molecule has 0 unspecified atom stereocenters. The van der Waals surface area contributed by atoms with E-state index in [1.165, 1.54) is 10.8 Å². The van der Waals surface area contributed by atoms with Gasteiger partial charge in [0, 0.05) is 26.1 Å². The van der Waals surface area contributed by atoms with Gasteiger partial charge in [0.15, 0.2) is 0 Å². The van der Waals surface area contributed by atoms with Gasteiger partial charge < -0.3 is 4.74 Å².